The number of nitrogens with two attached hydrogens (primary N) is 1. The maximum atomic E-state index is 5.83. The SMILES string of the molecule is Nc1ncnc(N(CC2CC2)CC2CC2)c1Br. The molecule has 92 valence electrons. The third kappa shape index (κ3) is 2.70. The second-order valence-corrected chi connectivity index (χ2v) is 5.98. The summed E-state index contributed by atoms with van der Waals surface area (Å²) >= 11 is 3.51. The zero-order valence-electron chi connectivity index (χ0n) is 9.77. The molecule has 2 N–H and O–H groups in total. The van der Waals surface area contributed by atoms with E-state index >= 15 is 0 Å². The molecule has 5 heteroatoms. The molecule has 2 saturated carbocycles. The fourth-order valence-corrected chi connectivity index (χ4v) is 2.52. The Balaban J connectivity index is 1.81. The minimum absolute atomic E-state index is 0.534. The van der Waals surface area contributed by atoms with Crippen LogP contribution in [0.25, 0.3) is 0 Å². The Kier molecular flexibility index (Phi) is 2.94. The van der Waals surface area contributed by atoms with Crippen molar-refractivity contribution in [2.75, 3.05) is 23.7 Å². The van der Waals surface area contributed by atoms with Gasteiger partial charge in [0.2, 0.25) is 0 Å². The predicted molar refractivity (Wildman–Crippen MR) is 71.8 cm³/mol. The lowest BCUT2D eigenvalue weighted by molar-refractivity contribution is 0.669. The van der Waals surface area contributed by atoms with E-state index in [0.29, 0.717) is 5.82 Å². The van der Waals surface area contributed by atoms with Crippen LogP contribution in [0.4, 0.5) is 11.6 Å². The molecule has 0 amide bonds. The Bertz CT molecular complexity index is 401. The highest BCUT2D eigenvalue weighted by Gasteiger charge is 2.30. The van der Waals surface area contributed by atoms with Gasteiger partial charge < -0.3 is 10.6 Å². The number of hydrogen-bond acceptors (Lipinski definition) is 4. The summed E-state index contributed by atoms with van der Waals surface area (Å²) in [5.74, 6) is 3.22. The van der Waals surface area contributed by atoms with E-state index < -0.39 is 0 Å². The van der Waals surface area contributed by atoms with Crippen molar-refractivity contribution >= 4 is 27.6 Å². The Morgan fingerprint density at radius 1 is 1.18 bits per heavy atom. The lowest BCUT2D eigenvalue weighted by atomic mass is 10.3. The zero-order valence-corrected chi connectivity index (χ0v) is 11.4. The van der Waals surface area contributed by atoms with Gasteiger partial charge in [-0.3, -0.25) is 0 Å². The summed E-state index contributed by atoms with van der Waals surface area (Å²) in [5.41, 5.74) is 5.83. The van der Waals surface area contributed by atoms with Crippen LogP contribution < -0.4 is 10.6 Å². The van der Waals surface area contributed by atoms with Crippen molar-refractivity contribution in [3.8, 4) is 0 Å². The molecule has 2 aliphatic carbocycles. The first-order chi connectivity index (χ1) is 8.24. The Morgan fingerprint density at radius 3 is 2.29 bits per heavy atom. The molecule has 0 aliphatic heterocycles. The largest absolute Gasteiger partial charge is 0.383 e. The first-order valence-corrected chi connectivity index (χ1v) is 7.04. The van der Waals surface area contributed by atoms with Crippen LogP contribution in [0.15, 0.2) is 10.8 Å². The van der Waals surface area contributed by atoms with Crippen molar-refractivity contribution in [1.82, 2.24) is 9.97 Å². The summed E-state index contributed by atoms with van der Waals surface area (Å²) in [4.78, 5) is 10.8. The maximum Gasteiger partial charge on any atom is 0.148 e. The van der Waals surface area contributed by atoms with Gasteiger partial charge in [0.1, 0.15) is 22.4 Å². The van der Waals surface area contributed by atoms with Crippen molar-refractivity contribution in [1.29, 1.82) is 0 Å². The lowest BCUT2D eigenvalue weighted by Gasteiger charge is -2.24. The van der Waals surface area contributed by atoms with Gasteiger partial charge in [-0.05, 0) is 53.4 Å². The summed E-state index contributed by atoms with van der Waals surface area (Å²) < 4.78 is 0.848. The molecule has 17 heavy (non-hydrogen) atoms. The van der Waals surface area contributed by atoms with Crippen molar-refractivity contribution in [2.45, 2.75) is 25.7 Å². The molecule has 0 unspecified atom stereocenters. The number of hydrogen-bond donors (Lipinski definition) is 1. The summed E-state index contributed by atoms with van der Waals surface area (Å²) in [6.45, 7) is 2.23. The van der Waals surface area contributed by atoms with Crippen LogP contribution in [-0.2, 0) is 0 Å². The Morgan fingerprint density at radius 2 is 1.76 bits per heavy atom. The third-order valence-corrected chi connectivity index (χ3v) is 4.21. The topological polar surface area (TPSA) is 55.0 Å². The highest BCUT2D eigenvalue weighted by Crippen LogP contribution is 2.37. The normalized spacial score (nSPS) is 19.4. The van der Waals surface area contributed by atoms with Crippen molar-refractivity contribution < 1.29 is 0 Å². The van der Waals surface area contributed by atoms with Gasteiger partial charge in [0.05, 0.1) is 0 Å². The third-order valence-electron chi connectivity index (χ3n) is 3.45. The molecule has 0 atom stereocenters. The number of aromatic nitrogens is 2. The smallest absolute Gasteiger partial charge is 0.148 e. The van der Waals surface area contributed by atoms with Crippen LogP contribution in [0.5, 0.6) is 0 Å². The lowest BCUT2D eigenvalue weighted by Crippen LogP contribution is -2.29. The summed E-state index contributed by atoms with van der Waals surface area (Å²) in [7, 11) is 0. The Labute approximate surface area is 110 Å². The molecule has 1 aromatic heterocycles. The van der Waals surface area contributed by atoms with Gasteiger partial charge in [-0.25, -0.2) is 9.97 Å². The zero-order chi connectivity index (χ0) is 11.8. The molecule has 1 heterocycles. The van der Waals surface area contributed by atoms with Gasteiger partial charge in [-0.15, -0.1) is 0 Å². The van der Waals surface area contributed by atoms with E-state index in [1.54, 1.807) is 6.33 Å². The van der Waals surface area contributed by atoms with E-state index in [2.05, 4.69) is 30.8 Å². The van der Waals surface area contributed by atoms with Crippen LogP contribution in [0, 0.1) is 11.8 Å². The van der Waals surface area contributed by atoms with Crippen molar-refractivity contribution in [3.05, 3.63) is 10.8 Å². The van der Waals surface area contributed by atoms with E-state index in [1.807, 2.05) is 0 Å². The van der Waals surface area contributed by atoms with E-state index in [-0.39, 0.29) is 0 Å². The molecule has 3 rings (SSSR count). The van der Waals surface area contributed by atoms with Crippen LogP contribution in [0.3, 0.4) is 0 Å². The molecule has 0 radical (unpaired) electrons. The van der Waals surface area contributed by atoms with Crippen LogP contribution in [0.2, 0.25) is 0 Å². The summed E-state index contributed by atoms with van der Waals surface area (Å²) in [6, 6.07) is 0. The monoisotopic (exact) mass is 296 g/mol. The average Bonchev–Trinajstić information content (AvgIpc) is 3.16. The molecular weight excluding hydrogens is 280 g/mol. The average molecular weight is 297 g/mol. The maximum absolute atomic E-state index is 5.83. The highest BCUT2D eigenvalue weighted by atomic mass is 79.9. The second kappa shape index (κ2) is 4.44. The van der Waals surface area contributed by atoms with E-state index in [9.17, 15) is 0 Å². The molecule has 1 aromatic rings. The summed E-state index contributed by atoms with van der Waals surface area (Å²) in [5, 5.41) is 0. The minimum atomic E-state index is 0.534. The van der Waals surface area contributed by atoms with Crippen LogP contribution >= 0.6 is 15.9 Å². The van der Waals surface area contributed by atoms with Crippen molar-refractivity contribution in [3.63, 3.8) is 0 Å². The van der Waals surface area contributed by atoms with Crippen LogP contribution in [-0.4, -0.2) is 23.1 Å². The molecular formula is C12H17BrN4. The molecule has 0 saturated heterocycles. The number of nitrogen functional groups attached to an aromatic ring is 1. The second-order valence-electron chi connectivity index (χ2n) is 5.19. The van der Waals surface area contributed by atoms with E-state index in [4.69, 9.17) is 5.73 Å². The number of nitrogens with zero attached hydrogens (tertiary/aromatic N) is 3. The number of halogens is 1. The molecule has 4 nitrogen and oxygen atoms in total. The van der Waals surface area contributed by atoms with Gasteiger partial charge in [0.15, 0.2) is 0 Å². The van der Waals surface area contributed by atoms with Gasteiger partial charge in [-0.1, -0.05) is 0 Å². The molecule has 0 spiro atoms. The number of rotatable bonds is 5. The van der Waals surface area contributed by atoms with Crippen LogP contribution in [0.1, 0.15) is 25.7 Å². The fraction of sp³-hybridized carbons (Fsp3) is 0.667. The van der Waals surface area contributed by atoms with Crippen molar-refractivity contribution in [2.24, 2.45) is 11.8 Å². The predicted octanol–water partition coefficient (Wildman–Crippen LogP) is 2.45. The van der Waals surface area contributed by atoms with Gasteiger partial charge in [0, 0.05) is 13.1 Å². The van der Waals surface area contributed by atoms with Gasteiger partial charge in [-0.2, -0.15) is 0 Å². The first-order valence-electron chi connectivity index (χ1n) is 6.25. The van der Waals surface area contributed by atoms with Gasteiger partial charge >= 0.3 is 0 Å². The highest BCUT2D eigenvalue weighted by molar-refractivity contribution is 9.10. The minimum Gasteiger partial charge on any atom is -0.383 e. The molecule has 0 aromatic carbocycles. The Hall–Kier alpha value is -0.840. The molecule has 2 aliphatic rings. The first kappa shape index (κ1) is 11.3. The van der Waals surface area contributed by atoms with E-state index in [0.717, 1.165) is 35.2 Å². The molecule has 2 fully saturated rings. The fourth-order valence-electron chi connectivity index (χ4n) is 2.07. The standard InChI is InChI=1S/C12H17BrN4/c13-10-11(14)15-7-16-12(10)17(5-8-1-2-8)6-9-3-4-9/h7-9H,1-6H2,(H2,14,15,16). The van der Waals surface area contributed by atoms with Gasteiger partial charge in [0.25, 0.3) is 0 Å². The summed E-state index contributed by atoms with van der Waals surface area (Å²) in [6.07, 6.45) is 7.00. The number of anilines is 2. The quantitative estimate of drug-likeness (QED) is 0.907. The molecule has 0 bridgehead atoms. The van der Waals surface area contributed by atoms with E-state index in [1.165, 1.54) is 25.7 Å².